The summed E-state index contributed by atoms with van der Waals surface area (Å²) in [5, 5.41) is 3.58. The Balaban J connectivity index is 1.93. The number of anilines is 1. The lowest BCUT2D eigenvalue weighted by Gasteiger charge is -2.32. The van der Waals surface area contributed by atoms with Crippen LogP contribution in [0.1, 0.15) is 63.5 Å². The summed E-state index contributed by atoms with van der Waals surface area (Å²) in [6.45, 7) is 5.34. The molecule has 9 heteroatoms. The third kappa shape index (κ3) is 7.23. The van der Waals surface area contributed by atoms with Crippen LogP contribution in [-0.2, 0) is 26.2 Å². The van der Waals surface area contributed by atoms with Crippen LogP contribution in [0, 0.1) is 0 Å². The second-order valence-electron chi connectivity index (χ2n) is 9.80. The number of nitrogens with one attached hydrogen (secondary N) is 1. The van der Waals surface area contributed by atoms with Crippen molar-refractivity contribution in [1.29, 1.82) is 0 Å². The van der Waals surface area contributed by atoms with Gasteiger partial charge in [0.25, 0.3) is 0 Å². The Morgan fingerprint density at radius 3 is 2.33 bits per heavy atom. The molecular formula is C27H36ClN3O4S. The molecule has 1 aliphatic carbocycles. The zero-order chi connectivity index (χ0) is 26.5. The number of hydrogen-bond donors (Lipinski definition) is 1. The maximum absolute atomic E-state index is 13.7. The summed E-state index contributed by atoms with van der Waals surface area (Å²) in [7, 11) is -3.78. The van der Waals surface area contributed by atoms with Gasteiger partial charge in [0.1, 0.15) is 12.6 Å². The van der Waals surface area contributed by atoms with E-state index in [1.807, 2.05) is 32.0 Å². The molecule has 0 spiro atoms. The molecule has 3 rings (SSSR count). The molecule has 1 fully saturated rings. The lowest BCUT2D eigenvalue weighted by molar-refractivity contribution is -0.139. The van der Waals surface area contributed by atoms with Crippen LogP contribution < -0.4 is 9.62 Å². The number of carbonyl (C=O) groups is 2. The predicted molar refractivity (Wildman–Crippen MR) is 145 cm³/mol. The van der Waals surface area contributed by atoms with Crippen LogP contribution >= 0.6 is 11.6 Å². The molecule has 0 saturated heterocycles. The molecular weight excluding hydrogens is 498 g/mol. The van der Waals surface area contributed by atoms with Gasteiger partial charge in [-0.2, -0.15) is 0 Å². The predicted octanol–water partition coefficient (Wildman–Crippen LogP) is 4.71. The van der Waals surface area contributed by atoms with Gasteiger partial charge in [-0.05, 0) is 55.0 Å². The number of carbonyl (C=O) groups excluding carboxylic acids is 2. The summed E-state index contributed by atoms with van der Waals surface area (Å²) in [4.78, 5) is 28.3. The molecule has 1 N–H and O–H groups in total. The Morgan fingerprint density at radius 1 is 1.06 bits per heavy atom. The van der Waals surface area contributed by atoms with Crippen molar-refractivity contribution >= 4 is 39.1 Å². The van der Waals surface area contributed by atoms with Gasteiger partial charge in [0, 0.05) is 17.6 Å². The van der Waals surface area contributed by atoms with E-state index in [4.69, 9.17) is 11.6 Å². The van der Waals surface area contributed by atoms with Gasteiger partial charge in [0.15, 0.2) is 0 Å². The molecule has 2 aromatic carbocycles. The van der Waals surface area contributed by atoms with Crippen molar-refractivity contribution in [2.45, 2.75) is 71.0 Å². The monoisotopic (exact) mass is 533 g/mol. The minimum Gasteiger partial charge on any atom is -0.352 e. The van der Waals surface area contributed by atoms with Crippen LogP contribution in [0.5, 0.6) is 0 Å². The van der Waals surface area contributed by atoms with E-state index in [-0.39, 0.29) is 24.4 Å². The highest BCUT2D eigenvalue weighted by molar-refractivity contribution is 7.92. The maximum Gasteiger partial charge on any atom is 0.244 e. The Kier molecular flexibility index (Phi) is 9.41. The average Bonchev–Trinajstić information content (AvgIpc) is 3.32. The first kappa shape index (κ1) is 28.0. The van der Waals surface area contributed by atoms with E-state index in [0.29, 0.717) is 10.7 Å². The van der Waals surface area contributed by atoms with Crippen LogP contribution in [-0.4, -0.2) is 50.0 Å². The van der Waals surface area contributed by atoms with Crippen molar-refractivity contribution < 1.29 is 18.0 Å². The summed E-state index contributed by atoms with van der Waals surface area (Å²) in [5.41, 5.74) is 2.04. The van der Waals surface area contributed by atoms with Crippen LogP contribution in [0.2, 0.25) is 5.02 Å². The fourth-order valence-electron chi connectivity index (χ4n) is 4.60. The lowest BCUT2D eigenvalue weighted by Crippen LogP contribution is -2.52. The molecule has 2 amide bonds. The Labute approximate surface area is 219 Å². The molecule has 0 bridgehead atoms. The lowest BCUT2D eigenvalue weighted by atomic mass is 10.0. The van der Waals surface area contributed by atoms with E-state index < -0.39 is 28.5 Å². The number of amides is 2. The number of nitrogens with zero attached hydrogens (tertiary/aromatic N) is 2. The van der Waals surface area contributed by atoms with Gasteiger partial charge < -0.3 is 10.2 Å². The van der Waals surface area contributed by atoms with Crippen LogP contribution in [0.4, 0.5) is 5.69 Å². The Morgan fingerprint density at radius 2 is 1.72 bits per heavy atom. The first-order chi connectivity index (χ1) is 17.0. The molecule has 1 saturated carbocycles. The van der Waals surface area contributed by atoms with E-state index in [2.05, 4.69) is 5.32 Å². The fraction of sp³-hybridized carbons (Fsp3) is 0.481. The fourth-order valence-corrected chi connectivity index (χ4v) is 5.69. The highest BCUT2D eigenvalue weighted by Gasteiger charge is 2.32. The molecule has 196 valence electrons. The first-order valence-corrected chi connectivity index (χ1v) is 14.6. The summed E-state index contributed by atoms with van der Waals surface area (Å²) in [5.74, 6) is -0.655. The van der Waals surface area contributed by atoms with Gasteiger partial charge in [-0.15, -0.1) is 0 Å². The van der Waals surface area contributed by atoms with Gasteiger partial charge in [-0.25, -0.2) is 8.42 Å². The third-order valence-corrected chi connectivity index (χ3v) is 7.98. The van der Waals surface area contributed by atoms with E-state index >= 15 is 0 Å². The van der Waals surface area contributed by atoms with Gasteiger partial charge in [-0.3, -0.25) is 13.9 Å². The van der Waals surface area contributed by atoms with E-state index in [0.717, 1.165) is 47.4 Å². The quantitative estimate of drug-likeness (QED) is 0.479. The topological polar surface area (TPSA) is 86.8 Å². The smallest absolute Gasteiger partial charge is 0.244 e. The summed E-state index contributed by atoms with van der Waals surface area (Å²) < 4.78 is 26.9. The van der Waals surface area contributed by atoms with Crippen molar-refractivity contribution in [2.75, 3.05) is 17.1 Å². The molecule has 7 nitrogen and oxygen atoms in total. The van der Waals surface area contributed by atoms with Crippen LogP contribution in [0.25, 0.3) is 0 Å². The zero-order valence-electron chi connectivity index (χ0n) is 21.4. The number of sulfonamides is 1. The summed E-state index contributed by atoms with van der Waals surface area (Å²) in [6, 6.07) is 13.6. The van der Waals surface area contributed by atoms with Gasteiger partial charge in [-0.1, -0.05) is 68.6 Å². The molecule has 36 heavy (non-hydrogen) atoms. The van der Waals surface area contributed by atoms with E-state index in [1.54, 1.807) is 37.3 Å². The van der Waals surface area contributed by atoms with Crippen molar-refractivity contribution in [2.24, 2.45) is 0 Å². The Hall–Kier alpha value is -2.58. The minimum absolute atomic E-state index is 0.0548. The molecule has 1 aliphatic rings. The molecule has 1 atom stereocenters. The SMILES string of the molecule is CC(C)c1ccccc1N(CC(=O)N(Cc1cccc(Cl)c1)[C@H](C)C(=O)NC1CCCC1)S(C)(=O)=O. The first-order valence-electron chi connectivity index (χ1n) is 12.4. The molecule has 0 aromatic heterocycles. The van der Waals surface area contributed by atoms with Gasteiger partial charge in [0.05, 0.1) is 11.9 Å². The second kappa shape index (κ2) is 12.1. The minimum atomic E-state index is -3.78. The van der Waals surface area contributed by atoms with Crippen LogP contribution in [0.3, 0.4) is 0 Å². The van der Waals surface area contributed by atoms with E-state index in [1.165, 1.54) is 4.90 Å². The highest BCUT2D eigenvalue weighted by atomic mass is 35.5. The number of hydrogen-bond acceptors (Lipinski definition) is 4. The largest absolute Gasteiger partial charge is 0.352 e. The molecule has 0 aliphatic heterocycles. The normalized spacial score (nSPS) is 15.1. The number of para-hydroxylation sites is 1. The average molecular weight is 534 g/mol. The van der Waals surface area contributed by atoms with Crippen molar-refractivity contribution in [3.63, 3.8) is 0 Å². The maximum atomic E-state index is 13.7. The van der Waals surface area contributed by atoms with Gasteiger partial charge >= 0.3 is 0 Å². The number of benzene rings is 2. The molecule has 0 unspecified atom stereocenters. The van der Waals surface area contributed by atoms with E-state index in [9.17, 15) is 18.0 Å². The summed E-state index contributed by atoms with van der Waals surface area (Å²) in [6.07, 6.45) is 5.09. The second-order valence-corrected chi connectivity index (χ2v) is 12.1. The molecule has 2 aromatic rings. The van der Waals surface area contributed by atoms with Crippen LogP contribution in [0.15, 0.2) is 48.5 Å². The number of rotatable bonds is 10. The zero-order valence-corrected chi connectivity index (χ0v) is 23.0. The van der Waals surface area contributed by atoms with Crippen molar-refractivity contribution in [3.05, 3.63) is 64.7 Å². The van der Waals surface area contributed by atoms with Crippen molar-refractivity contribution in [1.82, 2.24) is 10.2 Å². The highest BCUT2D eigenvalue weighted by Crippen LogP contribution is 2.29. The summed E-state index contributed by atoms with van der Waals surface area (Å²) >= 11 is 6.16. The van der Waals surface area contributed by atoms with Crippen molar-refractivity contribution in [3.8, 4) is 0 Å². The third-order valence-electron chi connectivity index (χ3n) is 6.62. The molecule has 0 radical (unpaired) electrons. The van der Waals surface area contributed by atoms with Gasteiger partial charge in [0.2, 0.25) is 21.8 Å². The Bertz CT molecular complexity index is 1180. The standard InChI is InChI=1S/C27H36ClN3O4S/c1-19(2)24-14-7-8-15-25(24)31(36(4,34)35)18-26(32)30(17-21-10-9-11-22(28)16-21)20(3)27(33)29-23-12-5-6-13-23/h7-11,14-16,19-20,23H,5-6,12-13,17-18H2,1-4H3,(H,29,33)/t20-/m1/s1. The molecule has 0 heterocycles. The number of halogens is 1.